The molecule has 1 N–H and O–H groups in total. The molecule has 0 unspecified atom stereocenters. The Balaban J connectivity index is 1.65. The molecule has 0 radical (unpaired) electrons. The number of carbonyl (C=O) groups is 2. The van der Waals surface area contributed by atoms with E-state index < -0.39 is 5.54 Å². The summed E-state index contributed by atoms with van der Waals surface area (Å²) in [4.78, 5) is 27.7. The van der Waals surface area contributed by atoms with Gasteiger partial charge in [0.15, 0.2) is 6.19 Å². The smallest absolute Gasteiger partial charge is 0.261 e. The van der Waals surface area contributed by atoms with Gasteiger partial charge in [-0.15, -0.1) is 0 Å². The van der Waals surface area contributed by atoms with Gasteiger partial charge in [-0.05, 0) is 37.1 Å². The van der Waals surface area contributed by atoms with E-state index in [-0.39, 0.29) is 11.8 Å². The predicted octanol–water partition coefficient (Wildman–Crippen LogP) is 0.725. The molecule has 0 bridgehead atoms. The number of nitrogens with one attached hydrogen (secondary N) is 1. The first-order chi connectivity index (χ1) is 11.6. The molecular formula is C17H20N4O3. The predicted molar refractivity (Wildman–Crippen MR) is 87.3 cm³/mol. The maximum absolute atomic E-state index is 12.4. The Kier molecular flexibility index (Phi) is 4.40. The third-order valence-corrected chi connectivity index (χ3v) is 4.47. The minimum Gasteiger partial charge on any atom is -0.378 e. The number of morpholine rings is 1. The second-order valence-corrected chi connectivity index (χ2v) is 6.15. The maximum atomic E-state index is 12.4. The largest absolute Gasteiger partial charge is 0.378 e. The number of likely N-dealkylation sites (N-methyl/N-ethyl adjacent to an activating group) is 1. The molecule has 2 amide bonds. The van der Waals surface area contributed by atoms with Crippen LogP contribution in [0.15, 0.2) is 24.3 Å². The zero-order valence-electron chi connectivity index (χ0n) is 13.6. The first-order valence-corrected chi connectivity index (χ1v) is 7.99. The van der Waals surface area contributed by atoms with E-state index in [1.54, 1.807) is 18.3 Å². The third kappa shape index (κ3) is 3.19. The molecule has 7 heteroatoms. The van der Waals surface area contributed by atoms with Crippen LogP contribution in [0.4, 0.5) is 5.69 Å². The van der Waals surface area contributed by atoms with Crippen molar-refractivity contribution in [1.29, 1.82) is 5.26 Å². The molecule has 1 aliphatic heterocycles. The van der Waals surface area contributed by atoms with Crippen molar-refractivity contribution >= 4 is 17.5 Å². The molecule has 1 saturated heterocycles. The van der Waals surface area contributed by atoms with Crippen molar-refractivity contribution in [2.75, 3.05) is 38.3 Å². The molecule has 1 aliphatic carbocycles. The van der Waals surface area contributed by atoms with E-state index >= 15 is 0 Å². The van der Waals surface area contributed by atoms with Crippen molar-refractivity contribution in [3.8, 4) is 6.19 Å². The number of benzene rings is 1. The summed E-state index contributed by atoms with van der Waals surface area (Å²) in [6.45, 7) is 3.09. The fourth-order valence-electron chi connectivity index (χ4n) is 2.82. The van der Waals surface area contributed by atoms with Gasteiger partial charge >= 0.3 is 0 Å². The fourth-order valence-corrected chi connectivity index (χ4v) is 2.82. The molecule has 24 heavy (non-hydrogen) atoms. The molecule has 1 heterocycles. The zero-order valence-corrected chi connectivity index (χ0v) is 13.6. The topological polar surface area (TPSA) is 85.7 Å². The highest BCUT2D eigenvalue weighted by Crippen LogP contribution is 2.37. The molecular weight excluding hydrogens is 308 g/mol. The number of ether oxygens (including phenoxy) is 1. The summed E-state index contributed by atoms with van der Waals surface area (Å²) in [6, 6.07) is 7.33. The Bertz CT molecular complexity index is 670. The van der Waals surface area contributed by atoms with Gasteiger partial charge in [0.25, 0.3) is 11.8 Å². The van der Waals surface area contributed by atoms with Crippen molar-refractivity contribution in [3.63, 3.8) is 0 Å². The van der Waals surface area contributed by atoms with Crippen molar-refractivity contribution in [3.05, 3.63) is 29.8 Å². The Morgan fingerprint density at radius 1 is 1.25 bits per heavy atom. The molecule has 1 saturated carbocycles. The molecule has 0 aromatic heterocycles. The van der Waals surface area contributed by atoms with Crippen LogP contribution >= 0.6 is 0 Å². The highest BCUT2D eigenvalue weighted by atomic mass is 16.5. The normalized spacial score (nSPS) is 18.4. The molecule has 2 aliphatic rings. The summed E-state index contributed by atoms with van der Waals surface area (Å²) < 4.78 is 5.33. The fraction of sp³-hybridized carbons (Fsp3) is 0.471. The van der Waals surface area contributed by atoms with Crippen molar-refractivity contribution in [2.45, 2.75) is 18.4 Å². The highest BCUT2D eigenvalue weighted by molar-refractivity contribution is 6.01. The second-order valence-electron chi connectivity index (χ2n) is 6.15. The van der Waals surface area contributed by atoms with Gasteiger partial charge in [0.2, 0.25) is 0 Å². The molecule has 3 rings (SSSR count). The van der Waals surface area contributed by atoms with Crippen LogP contribution in [-0.2, 0) is 9.53 Å². The van der Waals surface area contributed by atoms with Crippen LogP contribution in [0.2, 0.25) is 0 Å². The monoisotopic (exact) mass is 328 g/mol. The lowest BCUT2D eigenvalue weighted by Crippen LogP contribution is -2.48. The summed E-state index contributed by atoms with van der Waals surface area (Å²) >= 11 is 0. The Morgan fingerprint density at radius 2 is 1.88 bits per heavy atom. The maximum Gasteiger partial charge on any atom is 0.261 e. The van der Waals surface area contributed by atoms with Crippen LogP contribution in [0, 0.1) is 11.5 Å². The Hall–Kier alpha value is -2.59. The van der Waals surface area contributed by atoms with Crippen molar-refractivity contribution < 1.29 is 14.3 Å². The summed E-state index contributed by atoms with van der Waals surface area (Å²) in [5, 5.41) is 11.6. The van der Waals surface area contributed by atoms with Crippen molar-refractivity contribution in [1.82, 2.24) is 10.2 Å². The van der Waals surface area contributed by atoms with E-state index in [9.17, 15) is 9.59 Å². The SMILES string of the molecule is CN(C#N)C(=O)C1(NC(=O)c2ccc(N3CCOCC3)cc2)CC1. The zero-order chi connectivity index (χ0) is 17.2. The van der Waals surface area contributed by atoms with E-state index in [1.165, 1.54) is 7.05 Å². The van der Waals surface area contributed by atoms with Crippen LogP contribution < -0.4 is 10.2 Å². The van der Waals surface area contributed by atoms with Crippen LogP contribution in [-0.4, -0.2) is 55.6 Å². The number of rotatable bonds is 4. The summed E-state index contributed by atoms with van der Waals surface area (Å²) in [5.74, 6) is -0.649. The van der Waals surface area contributed by atoms with Crippen LogP contribution in [0.5, 0.6) is 0 Å². The number of amides is 2. The summed E-state index contributed by atoms with van der Waals surface area (Å²) in [5.41, 5.74) is 0.645. The van der Waals surface area contributed by atoms with Crippen LogP contribution in [0.3, 0.4) is 0 Å². The van der Waals surface area contributed by atoms with Gasteiger partial charge in [-0.3, -0.25) is 14.5 Å². The highest BCUT2D eigenvalue weighted by Gasteiger charge is 2.52. The van der Waals surface area contributed by atoms with Gasteiger partial charge in [-0.2, -0.15) is 5.26 Å². The quantitative estimate of drug-likeness (QED) is 0.650. The number of hydrogen-bond acceptors (Lipinski definition) is 5. The minimum atomic E-state index is -0.912. The average molecular weight is 328 g/mol. The van der Waals surface area contributed by atoms with E-state index in [0.29, 0.717) is 31.6 Å². The first kappa shape index (κ1) is 16.3. The molecule has 0 spiro atoms. The lowest BCUT2D eigenvalue weighted by molar-refractivity contribution is -0.130. The standard InChI is InChI=1S/C17H20N4O3/c1-20(12-18)16(23)17(6-7-17)19-15(22)13-2-4-14(5-3-13)21-8-10-24-11-9-21/h2-5H,6-11H2,1H3,(H,19,22). The van der Waals surface area contributed by atoms with Gasteiger partial charge in [0, 0.05) is 31.4 Å². The van der Waals surface area contributed by atoms with Gasteiger partial charge in [-0.25, -0.2) is 0 Å². The van der Waals surface area contributed by atoms with Crippen molar-refractivity contribution in [2.24, 2.45) is 0 Å². The van der Waals surface area contributed by atoms with E-state index in [2.05, 4.69) is 10.2 Å². The van der Waals surface area contributed by atoms with E-state index in [0.717, 1.165) is 23.7 Å². The van der Waals surface area contributed by atoms with E-state index in [4.69, 9.17) is 10.00 Å². The number of nitriles is 1. The minimum absolute atomic E-state index is 0.291. The Morgan fingerprint density at radius 3 is 2.42 bits per heavy atom. The van der Waals surface area contributed by atoms with Gasteiger partial charge < -0.3 is 15.0 Å². The first-order valence-electron chi connectivity index (χ1n) is 7.99. The number of nitrogens with zero attached hydrogens (tertiary/aromatic N) is 3. The summed E-state index contributed by atoms with van der Waals surface area (Å²) in [6.07, 6.45) is 2.91. The van der Waals surface area contributed by atoms with Gasteiger partial charge in [-0.1, -0.05) is 0 Å². The molecule has 2 fully saturated rings. The Labute approximate surface area is 140 Å². The lowest BCUT2D eigenvalue weighted by Gasteiger charge is -2.29. The average Bonchev–Trinajstić information content (AvgIpc) is 3.42. The van der Waals surface area contributed by atoms with E-state index in [1.807, 2.05) is 12.1 Å². The third-order valence-electron chi connectivity index (χ3n) is 4.47. The van der Waals surface area contributed by atoms with Gasteiger partial charge in [0.1, 0.15) is 5.54 Å². The van der Waals surface area contributed by atoms with Crippen LogP contribution in [0.1, 0.15) is 23.2 Å². The summed E-state index contributed by atoms with van der Waals surface area (Å²) in [7, 11) is 1.41. The second kappa shape index (κ2) is 6.49. The van der Waals surface area contributed by atoms with Gasteiger partial charge in [0.05, 0.1) is 13.2 Å². The molecule has 126 valence electrons. The molecule has 1 aromatic rings. The molecule has 1 aromatic carbocycles. The number of anilines is 1. The van der Waals surface area contributed by atoms with Crippen LogP contribution in [0.25, 0.3) is 0 Å². The number of carbonyl (C=O) groups excluding carboxylic acids is 2. The molecule has 7 nitrogen and oxygen atoms in total. The molecule has 0 atom stereocenters. The lowest BCUT2D eigenvalue weighted by atomic mass is 10.1. The number of hydrogen-bond donors (Lipinski definition) is 1.